The number of hydrogen-bond acceptors (Lipinski definition) is 5. The average molecular weight is 392 g/mol. The van der Waals surface area contributed by atoms with Gasteiger partial charge >= 0.3 is 0 Å². The quantitative estimate of drug-likeness (QED) is 0.653. The molecule has 0 aliphatic carbocycles. The number of fused-ring (bicyclic) bond motifs is 2. The van der Waals surface area contributed by atoms with E-state index >= 15 is 0 Å². The number of nitrogens with zero attached hydrogens (tertiary/aromatic N) is 2. The lowest BCUT2D eigenvalue weighted by atomic mass is 10.1. The molecule has 0 saturated carbocycles. The summed E-state index contributed by atoms with van der Waals surface area (Å²) in [6.45, 7) is 0.680. The summed E-state index contributed by atoms with van der Waals surface area (Å²) in [6.07, 6.45) is 1.77. The Kier molecular flexibility index (Phi) is 4.99. The van der Waals surface area contributed by atoms with Crippen LogP contribution in [-0.4, -0.2) is 28.5 Å². The highest BCUT2D eigenvalue weighted by atomic mass is 16.5. The second-order valence-electron chi connectivity index (χ2n) is 6.85. The molecule has 0 saturated heterocycles. The van der Waals surface area contributed by atoms with Crippen molar-refractivity contribution in [3.05, 3.63) is 69.8 Å². The highest BCUT2D eigenvalue weighted by Gasteiger charge is 2.17. The van der Waals surface area contributed by atoms with Crippen molar-refractivity contribution in [3.8, 4) is 5.75 Å². The molecular formula is C21H20N4O4. The molecule has 0 radical (unpaired) electrons. The third-order valence-corrected chi connectivity index (χ3v) is 4.92. The van der Waals surface area contributed by atoms with E-state index < -0.39 is 5.91 Å². The van der Waals surface area contributed by atoms with Crippen LogP contribution in [0.3, 0.4) is 0 Å². The van der Waals surface area contributed by atoms with Gasteiger partial charge in [-0.1, -0.05) is 12.1 Å². The normalized spacial score (nSPS) is 12.4. The number of carbonyl (C=O) groups excluding carboxylic acids is 2. The molecule has 1 aliphatic heterocycles. The zero-order valence-corrected chi connectivity index (χ0v) is 15.9. The SMILES string of the molecule is COc1ccc(CC(=O)NNC(=O)c2ccc3c(=O)n4c(nc3c2)CCC4)cc1. The van der Waals surface area contributed by atoms with Crippen molar-refractivity contribution in [1.82, 2.24) is 20.4 Å². The van der Waals surface area contributed by atoms with Gasteiger partial charge < -0.3 is 4.74 Å². The number of rotatable bonds is 4. The summed E-state index contributed by atoms with van der Waals surface area (Å²) in [7, 11) is 1.57. The predicted octanol–water partition coefficient (Wildman–Crippen LogP) is 1.35. The maximum Gasteiger partial charge on any atom is 0.269 e. The summed E-state index contributed by atoms with van der Waals surface area (Å²) in [5.74, 6) is 0.626. The molecular weight excluding hydrogens is 372 g/mol. The molecule has 2 heterocycles. The maximum atomic E-state index is 12.5. The fraction of sp³-hybridized carbons (Fsp3) is 0.238. The van der Waals surface area contributed by atoms with Crippen LogP contribution in [0.2, 0.25) is 0 Å². The van der Waals surface area contributed by atoms with Gasteiger partial charge in [-0.15, -0.1) is 0 Å². The number of hydrazine groups is 1. The van der Waals surface area contributed by atoms with Crippen LogP contribution in [-0.2, 0) is 24.2 Å². The van der Waals surface area contributed by atoms with Crippen molar-refractivity contribution in [2.75, 3.05) is 7.11 Å². The van der Waals surface area contributed by atoms with E-state index in [4.69, 9.17) is 4.74 Å². The molecule has 2 N–H and O–H groups in total. The van der Waals surface area contributed by atoms with E-state index in [1.165, 1.54) is 0 Å². The molecule has 1 aromatic heterocycles. The number of amides is 2. The third kappa shape index (κ3) is 3.82. The molecule has 8 nitrogen and oxygen atoms in total. The van der Waals surface area contributed by atoms with Crippen molar-refractivity contribution in [2.45, 2.75) is 25.8 Å². The minimum absolute atomic E-state index is 0.0812. The van der Waals surface area contributed by atoms with Crippen LogP contribution in [0.1, 0.15) is 28.2 Å². The Hall–Kier alpha value is -3.68. The van der Waals surface area contributed by atoms with Gasteiger partial charge in [0.05, 0.1) is 24.4 Å². The average Bonchev–Trinajstić information content (AvgIpc) is 3.21. The van der Waals surface area contributed by atoms with Crippen LogP contribution >= 0.6 is 0 Å². The molecule has 2 aromatic carbocycles. The van der Waals surface area contributed by atoms with Crippen molar-refractivity contribution in [3.63, 3.8) is 0 Å². The Morgan fingerprint density at radius 2 is 1.93 bits per heavy atom. The van der Waals surface area contributed by atoms with Crippen LogP contribution in [0.15, 0.2) is 47.3 Å². The summed E-state index contributed by atoms with van der Waals surface area (Å²) < 4.78 is 6.76. The Bertz CT molecular complexity index is 1150. The number of benzene rings is 2. The maximum absolute atomic E-state index is 12.5. The van der Waals surface area contributed by atoms with Crippen LogP contribution in [0.4, 0.5) is 0 Å². The van der Waals surface area contributed by atoms with E-state index in [2.05, 4.69) is 15.8 Å². The topological polar surface area (TPSA) is 102 Å². The summed E-state index contributed by atoms with van der Waals surface area (Å²) >= 11 is 0. The minimum atomic E-state index is -0.475. The largest absolute Gasteiger partial charge is 0.497 e. The van der Waals surface area contributed by atoms with E-state index in [1.54, 1.807) is 54.1 Å². The predicted molar refractivity (Wildman–Crippen MR) is 107 cm³/mol. The van der Waals surface area contributed by atoms with Crippen molar-refractivity contribution in [2.24, 2.45) is 0 Å². The highest BCUT2D eigenvalue weighted by molar-refractivity contribution is 5.98. The molecule has 148 valence electrons. The Balaban J connectivity index is 1.42. The fourth-order valence-electron chi connectivity index (χ4n) is 3.40. The van der Waals surface area contributed by atoms with E-state index in [0.29, 0.717) is 28.8 Å². The molecule has 8 heteroatoms. The first-order chi connectivity index (χ1) is 14.0. The van der Waals surface area contributed by atoms with Gasteiger partial charge in [-0.3, -0.25) is 29.8 Å². The number of nitrogens with one attached hydrogen (secondary N) is 2. The Morgan fingerprint density at radius 1 is 1.14 bits per heavy atom. The fourth-order valence-corrected chi connectivity index (χ4v) is 3.40. The summed E-state index contributed by atoms with van der Waals surface area (Å²) in [4.78, 5) is 41.5. The van der Waals surface area contributed by atoms with Gasteiger partial charge in [0.1, 0.15) is 11.6 Å². The highest BCUT2D eigenvalue weighted by Crippen LogP contribution is 2.16. The standard InChI is InChI=1S/C21H20N4O4/c1-29-15-7-4-13(5-8-15)11-19(26)23-24-20(27)14-6-9-16-17(12-14)22-18-3-2-10-25(18)21(16)28/h4-9,12H,2-3,10-11H2,1H3,(H,23,26)(H,24,27). The number of aryl methyl sites for hydroxylation is 1. The van der Waals surface area contributed by atoms with E-state index in [-0.39, 0.29) is 17.9 Å². The monoisotopic (exact) mass is 392 g/mol. The van der Waals surface area contributed by atoms with E-state index in [1.807, 2.05) is 0 Å². The number of hydrogen-bond donors (Lipinski definition) is 2. The van der Waals surface area contributed by atoms with E-state index in [9.17, 15) is 14.4 Å². The number of carbonyl (C=O) groups is 2. The van der Waals surface area contributed by atoms with Gasteiger partial charge in [0.2, 0.25) is 5.91 Å². The summed E-state index contributed by atoms with van der Waals surface area (Å²) in [5, 5.41) is 0.482. The zero-order chi connectivity index (χ0) is 20.4. The first-order valence-electron chi connectivity index (χ1n) is 9.31. The van der Waals surface area contributed by atoms with E-state index in [0.717, 1.165) is 24.2 Å². The van der Waals surface area contributed by atoms with Crippen LogP contribution < -0.4 is 21.1 Å². The number of aromatic nitrogens is 2. The van der Waals surface area contributed by atoms with Crippen molar-refractivity contribution < 1.29 is 14.3 Å². The zero-order valence-electron chi connectivity index (χ0n) is 15.9. The van der Waals surface area contributed by atoms with Crippen LogP contribution in [0, 0.1) is 0 Å². The molecule has 3 aromatic rings. The molecule has 0 spiro atoms. The minimum Gasteiger partial charge on any atom is -0.497 e. The molecule has 2 amide bonds. The van der Waals surface area contributed by atoms with Gasteiger partial charge in [0.15, 0.2) is 0 Å². The smallest absolute Gasteiger partial charge is 0.269 e. The molecule has 1 aliphatic rings. The lowest BCUT2D eigenvalue weighted by Gasteiger charge is -2.09. The first kappa shape index (κ1) is 18.7. The van der Waals surface area contributed by atoms with Crippen molar-refractivity contribution in [1.29, 1.82) is 0 Å². The molecule has 0 bridgehead atoms. The Labute approximate surface area is 166 Å². The van der Waals surface area contributed by atoms with Gasteiger partial charge in [-0.05, 0) is 42.3 Å². The molecule has 0 fully saturated rings. The van der Waals surface area contributed by atoms with Gasteiger partial charge in [0.25, 0.3) is 11.5 Å². The second kappa shape index (κ2) is 7.75. The Morgan fingerprint density at radius 3 is 2.69 bits per heavy atom. The number of methoxy groups -OCH3 is 1. The summed E-state index contributed by atoms with van der Waals surface area (Å²) in [5.41, 5.74) is 6.32. The number of ether oxygens (including phenoxy) is 1. The first-order valence-corrected chi connectivity index (χ1v) is 9.31. The molecule has 4 rings (SSSR count). The lowest BCUT2D eigenvalue weighted by Crippen LogP contribution is -2.42. The van der Waals surface area contributed by atoms with Gasteiger partial charge in [-0.2, -0.15) is 0 Å². The molecule has 0 atom stereocenters. The van der Waals surface area contributed by atoms with Crippen LogP contribution in [0.25, 0.3) is 10.9 Å². The molecule has 0 unspecified atom stereocenters. The second-order valence-corrected chi connectivity index (χ2v) is 6.85. The van der Waals surface area contributed by atoms with Gasteiger partial charge in [0, 0.05) is 18.5 Å². The van der Waals surface area contributed by atoms with Crippen LogP contribution in [0.5, 0.6) is 5.75 Å². The lowest BCUT2D eigenvalue weighted by molar-refractivity contribution is -0.121. The molecule has 29 heavy (non-hydrogen) atoms. The third-order valence-electron chi connectivity index (χ3n) is 4.92. The summed E-state index contributed by atoms with van der Waals surface area (Å²) in [6, 6.07) is 11.8. The van der Waals surface area contributed by atoms with Gasteiger partial charge in [-0.25, -0.2) is 4.98 Å². The van der Waals surface area contributed by atoms with Crippen molar-refractivity contribution >= 4 is 22.7 Å².